The van der Waals surface area contributed by atoms with Crippen LogP contribution in [-0.4, -0.2) is 47.2 Å². The van der Waals surface area contributed by atoms with Crippen molar-refractivity contribution >= 4 is 29.9 Å². The minimum atomic E-state index is 0. The van der Waals surface area contributed by atoms with Gasteiger partial charge in [0.25, 0.3) is 0 Å². The van der Waals surface area contributed by atoms with Crippen LogP contribution in [0.3, 0.4) is 0 Å². The van der Waals surface area contributed by atoms with Gasteiger partial charge in [0.1, 0.15) is 0 Å². The third kappa shape index (κ3) is 5.73. The van der Waals surface area contributed by atoms with Gasteiger partial charge in [-0.25, -0.2) is 0 Å². The largest absolute Gasteiger partial charge is 0.357 e. The monoisotopic (exact) mass is 421 g/mol. The van der Waals surface area contributed by atoms with Crippen LogP contribution in [-0.2, 0) is 12.8 Å². The molecule has 1 aliphatic heterocycles. The molecule has 0 spiro atoms. The molecule has 0 aromatic carbocycles. The molecule has 0 radical (unpaired) electrons. The maximum absolute atomic E-state index is 5.11. The van der Waals surface area contributed by atoms with Crippen LogP contribution in [0.5, 0.6) is 0 Å². The second-order valence-corrected chi connectivity index (χ2v) is 5.64. The molecule has 0 saturated carbocycles. The zero-order valence-electron chi connectivity index (χ0n) is 13.8. The van der Waals surface area contributed by atoms with E-state index in [4.69, 9.17) is 9.52 Å². The Hall–Kier alpha value is -0.860. The molecule has 6 nitrogen and oxygen atoms in total. The second kappa shape index (κ2) is 10.0. The Morgan fingerprint density at radius 2 is 2.27 bits per heavy atom. The summed E-state index contributed by atoms with van der Waals surface area (Å²) < 4.78 is 5.11. The van der Waals surface area contributed by atoms with Crippen molar-refractivity contribution in [1.29, 1.82) is 0 Å². The molecule has 0 aliphatic carbocycles. The van der Waals surface area contributed by atoms with Gasteiger partial charge in [0.2, 0.25) is 5.89 Å². The van der Waals surface area contributed by atoms with Crippen LogP contribution < -0.4 is 5.32 Å². The summed E-state index contributed by atoms with van der Waals surface area (Å²) in [5.41, 5.74) is 0. The van der Waals surface area contributed by atoms with Crippen LogP contribution in [0.4, 0.5) is 0 Å². The third-order valence-corrected chi connectivity index (χ3v) is 3.70. The lowest BCUT2D eigenvalue weighted by Crippen LogP contribution is -2.46. The molecule has 1 aromatic heterocycles. The number of halogens is 1. The lowest BCUT2D eigenvalue weighted by molar-refractivity contribution is 0.266. The first-order valence-electron chi connectivity index (χ1n) is 8.07. The van der Waals surface area contributed by atoms with Crippen molar-refractivity contribution in [3.05, 3.63) is 11.7 Å². The first kappa shape index (κ1) is 19.2. The van der Waals surface area contributed by atoms with Crippen molar-refractivity contribution in [2.45, 2.75) is 46.5 Å². The predicted octanol–water partition coefficient (Wildman–Crippen LogP) is 2.49. The SMILES string of the molecule is CCNC(=NCCc1noc(CC)n1)N1CCCC(C)C1.I. The average molecular weight is 421 g/mol. The number of guanidine groups is 1. The highest BCUT2D eigenvalue weighted by Gasteiger charge is 2.19. The van der Waals surface area contributed by atoms with E-state index in [0.717, 1.165) is 50.2 Å². The summed E-state index contributed by atoms with van der Waals surface area (Å²) in [7, 11) is 0. The number of rotatable bonds is 5. The van der Waals surface area contributed by atoms with Crippen molar-refractivity contribution in [2.24, 2.45) is 10.9 Å². The van der Waals surface area contributed by atoms with Crippen molar-refractivity contribution in [3.8, 4) is 0 Å². The third-order valence-electron chi connectivity index (χ3n) is 3.70. The molecular formula is C15H28IN5O. The van der Waals surface area contributed by atoms with E-state index in [9.17, 15) is 0 Å². The molecule has 2 rings (SSSR count). The molecule has 0 bridgehead atoms. The van der Waals surface area contributed by atoms with E-state index in [1.165, 1.54) is 12.8 Å². The highest BCUT2D eigenvalue weighted by Crippen LogP contribution is 2.15. The Bertz CT molecular complexity index is 463. The Balaban J connectivity index is 0.00000242. The number of piperidine rings is 1. The Kier molecular flexibility index (Phi) is 8.74. The molecule has 0 amide bonds. The number of aliphatic imine (C=N–C) groups is 1. The van der Waals surface area contributed by atoms with E-state index in [2.05, 4.69) is 34.2 Å². The maximum Gasteiger partial charge on any atom is 0.226 e. The smallest absolute Gasteiger partial charge is 0.226 e. The zero-order chi connectivity index (χ0) is 15.1. The molecule has 126 valence electrons. The summed E-state index contributed by atoms with van der Waals surface area (Å²) in [6, 6.07) is 0. The van der Waals surface area contributed by atoms with E-state index >= 15 is 0 Å². The molecule has 22 heavy (non-hydrogen) atoms. The minimum Gasteiger partial charge on any atom is -0.357 e. The Morgan fingerprint density at radius 1 is 1.45 bits per heavy atom. The molecule has 1 aromatic rings. The summed E-state index contributed by atoms with van der Waals surface area (Å²) in [6.45, 7) is 10.2. The molecule has 1 unspecified atom stereocenters. The molecule has 1 fully saturated rings. The number of aromatic nitrogens is 2. The van der Waals surface area contributed by atoms with E-state index in [1.54, 1.807) is 0 Å². The molecular weight excluding hydrogens is 393 g/mol. The van der Waals surface area contributed by atoms with Crippen LogP contribution in [0.25, 0.3) is 0 Å². The number of hydrogen-bond acceptors (Lipinski definition) is 4. The first-order chi connectivity index (χ1) is 10.2. The van der Waals surface area contributed by atoms with Crippen molar-refractivity contribution < 1.29 is 4.52 Å². The fourth-order valence-electron chi connectivity index (χ4n) is 2.60. The van der Waals surface area contributed by atoms with Gasteiger partial charge in [0, 0.05) is 39.0 Å². The van der Waals surface area contributed by atoms with Gasteiger partial charge in [-0.05, 0) is 25.7 Å². The van der Waals surface area contributed by atoms with Crippen molar-refractivity contribution in [1.82, 2.24) is 20.4 Å². The molecule has 7 heteroatoms. The highest BCUT2D eigenvalue weighted by atomic mass is 127. The normalized spacial score (nSPS) is 19.0. The Morgan fingerprint density at radius 3 is 2.91 bits per heavy atom. The first-order valence-corrected chi connectivity index (χ1v) is 8.07. The van der Waals surface area contributed by atoms with Crippen molar-refractivity contribution in [3.63, 3.8) is 0 Å². The lowest BCUT2D eigenvalue weighted by Gasteiger charge is -2.33. The van der Waals surface area contributed by atoms with E-state index in [0.29, 0.717) is 12.4 Å². The lowest BCUT2D eigenvalue weighted by atomic mass is 10.0. The summed E-state index contributed by atoms with van der Waals surface area (Å²) in [5, 5.41) is 7.35. The van der Waals surface area contributed by atoms with Gasteiger partial charge in [-0.2, -0.15) is 4.98 Å². The molecule has 1 aliphatic rings. The number of likely N-dealkylation sites (tertiary alicyclic amines) is 1. The molecule has 1 saturated heterocycles. The number of hydrogen-bond donors (Lipinski definition) is 1. The summed E-state index contributed by atoms with van der Waals surface area (Å²) in [5.74, 6) is 3.21. The summed E-state index contributed by atoms with van der Waals surface area (Å²) >= 11 is 0. The summed E-state index contributed by atoms with van der Waals surface area (Å²) in [6.07, 6.45) is 4.07. The number of aryl methyl sites for hydroxylation is 1. The second-order valence-electron chi connectivity index (χ2n) is 5.64. The van der Waals surface area contributed by atoms with Crippen LogP contribution >= 0.6 is 24.0 Å². The van der Waals surface area contributed by atoms with Crippen LogP contribution in [0.1, 0.15) is 45.3 Å². The number of nitrogens with zero attached hydrogens (tertiary/aromatic N) is 4. The Labute approximate surface area is 150 Å². The van der Waals surface area contributed by atoms with Gasteiger partial charge in [0.05, 0.1) is 0 Å². The predicted molar refractivity (Wildman–Crippen MR) is 98.7 cm³/mol. The minimum absolute atomic E-state index is 0. The van der Waals surface area contributed by atoms with Crippen LogP contribution in [0.2, 0.25) is 0 Å². The van der Waals surface area contributed by atoms with Crippen molar-refractivity contribution in [2.75, 3.05) is 26.2 Å². The van der Waals surface area contributed by atoms with Gasteiger partial charge in [-0.15, -0.1) is 24.0 Å². The summed E-state index contributed by atoms with van der Waals surface area (Å²) in [4.78, 5) is 11.4. The fraction of sp³-hybridized carbons (Fsp3) is 0.800. The van der Waals surface area contributed by atoms with Gasteiger partial charge in [-0.3, -0.25) is 4.99 Å². The molecule has 1 atom stereocenters. The molecule has 1 N–H and O–H groups in total. The van der Waals surface area contributed by atoms with Gasteiger partial charge in [-0.1, -0.05) is 19.0 Å². The van der Waals surface area contributed by atoms with E-state index in [1.807, 2.05) is 6.92 Å². The topological polar surface area (TPSA) is 66.5 Å². The molecule has 2 heterocycles. The van der Waals surface area contributed by atoms with Gasteiger partial charge >= 0.3 is 0 Å². The van der Waals surface area contributed by atoms with Crippen LogP contribution in [0, 0.1) is 5.92 Å². The van der Waals surface area contributed by atoms with Crippen LogP contribution in [0.15, 0.2) is 9.52 Å². The average Bonchev–Trinajstić information content (AvgIpc) is 2.94. The van der Waals surface area contributed by atoms with Gasteiger partial charge < -0.3 is 14.7 Å². The highest BCUT2D eigenvalue weighted by molar-refractivity contribution is 14.0. The zero-order valence-corrected chi connectivity index (χ0v) is 16.2. The fourth-order valence-corrected chi connectivity index (χ4v) is 2.60. The van der Waals surface area contributed by atoms with E-state index < -0.39 is 0 Å². The quantitative estimate of drug-likeness (QED) is 0.450. The number of nitrogens with one attached hydrogen (secondary N) is 1. The van der Waals surface area contributed by atoms with E-state index in [-0.39, 0.29) is 24.0 Å². The maximum atomic E-state index is 5.11. The standard InChI is InChI=1S/C15H27N5O.HI/c1-4-14-18-13(19-21-14)8-9-17-15(16-5-2)20-10-6-7-12(3)11-20;/h12H,4-11H2,1-3H3,(H,16,17);1H. The van der Waals surface area contributed by atoms with Gasteiger partial charge in [0.15, 0.2) is 11.8 Å².